The molecule has 3 rings (SSSR count). The Kier molecular flexibility index (Phi) is 6.71. The molecule has 0 radical (unpaired) electrons. The molecule has 0 spiro atoms. The van der Waals surface area contributed by atoms with E-state index in [1.165, 1.54) is 5.56 Å². The lowest BCUT2D eigenvalue weighted by atomic mass is 10.2. The van der Waals surface area contributed by atoms with Crippen LogP contribution in [0.25, 0.3) is 0 Å². The second-order valence-corrected chi connectivity index (χ2v) is 7.46. The second kappa shape index (κ2) is 9.21. The summed E-state index contributed by atoms with van der Waals surface area (Å²) < 4.78 is 10.5. The highest BCUT2D eigenvalue weighted by Gasteiger charge is 2.25. The number of anilines is 1. The van der Waals surface area contributed by atoms with E-state index in [-0.39, 0.29) is 11.9 Å². The van der Waals surface area contributed by atoms with E-state index in [9.17, 15) is 4.79 Å². The first-order valence-electron chi connectivity index (χ1n) is 9.11. The number of nitrogens with zero attached hydrogens (tertiary/aromatic N) is 2. The molecule has 1 amide bonds. The van der Waals surface area contributed by atoms with Gasteiger partial charge in [-0.3, -0.25) is 14.6 Å². The van der Waals surface area contributed by atoms with Crippen LogP contribution in [0.3, 0.4) is 0 Å². The van der Waals surface area contributed by atoms with Crippen molar-refractivity contribution in [3.05, 3.63) is 40.6 Å². The van der Waals surface area contributed by atoms with Crippen molar-refractivity contribution in [3.8, 4) is 11.5 Å². The van der Waals surface area contributed by atoms with Crippen LogP contribution in [-0.4, -0.2) is 62.1 Å². The van der Waals surface area contributed by atoms with Crippen molar-refractivity contribution in [3.63, 3.8) is 0 Å². The largest absolute Gasteiger partial charge is 0.493 e. The van der Waals surface area contributed by atoms with Crippen molar-refractivity contribution in [1.82, 2.24) is 9.80 Å². The molecular formula is C20H27N3O3S. The van der Waals surface area contributed by atoms with Crippen molar-refractivity contribution >= 4 is 22.9 Å². The Bertz CT molecular complexity index is 743. The lowest BCUT2D eigenvalue weighted by molar-refractivity contribution is -0.121. The van der Waals surface area contributed by atoms with Gasteiger partial charge in [0.2, 0.25) is 5.91 Å². The van der Waals surface area contributed by atoms with Gasteiger partial charge in [-0.05, 0) is 41.4 Å². The second-order valence-electron chi connectivity index (χ2n) is 6.68. The molecule has 1 N–H and O–H groups in total. The maximum atomic E-state index is 12.7. The van der Waals surface area contributed by atoms with E-state index in [4.69, 9.17) is 9.47 Å². The summed E-state index contributed by atoms with van der Waals surface area (Å²) in [5.41, 5.74) is 2.08. The van der Waals surface area contributed by atoms with Crippen molar-refractivity contribution < 1.29 is 14.3 Å². The first-order valence-corrected chi connectivity index (χ1v) is 10.1. The highest BCUT2D eigenvalue weighted by Crippen LogP contribution is 2.29. The SMILES string of the molecule is COc1ccc(NC(=O)[C@H](C)N2CCN(Cc3ccsc3)CC2)cc1OC. The maximum absolute atomic E-state index is 12.7. The van der Waals surface area contributed by atoms with E-state index < -0.39 is 0 Å². The zero-order chi connectivity index (χ0) is 19.2. The number of nitrogens with one attached hydrogen (secondary N) is 1. The number of benzene rings is 1. The molecule has 1 aliphatic rings. The first-order chi connectivity index (χ1) is 13.1. The van der Waals surface area contributed by atoms with Crippen LogP contribution in [0.5, 0.6) is 11.5 Å². The molecule has 0 aliphatic carbocycles. The zero-order valence-corrected chi connectivity index (χ0v) is 16.9. The Morgan fingerprint density at radius 2 is 1.89 bits per heavy atom. The number of methoxy groups -OCH3 is 2. The van der Waals surface area contributed by atoms with Crippen molar-refractivity contribution in [2.75, 3.05) is 45.7 Å². The summed E-state index contributed by atoms with van der Waals surface area (Å²) in [6.45, 7) is 6.69. The van der Waals surface area contributed by atoms with Gasteiger partial charge < -0.3 is 14.8 Å². The normalized spacial score (nSPS) is 16.7. The van der Waals surface area contributed by atoms with E-state index in [2.05, 4.69) is 31.9 Å². The van der Waals surface area contributed by atoms with E-state index >= 15 is 0 Å². The Morgan fingerprint density at radius 1 is 1.15 bits per heavy atom. The molecule has 0 unspecified atom stereocenters. The highest BCUT2D eigenvalue weighted by atomic mass is 32.1. The summed E-state index contributed by atoms with van der Waals surface area (Å²) in [5, 5.41) is 7.30. The lowest BCUT2D eigenvalue weighted by Crippen LogP contribution is -2.52. The van der Waals surface area contributed by atoms with Gasteiger partial charge in [-0.15, -0.1) is 0 Å². The molecule has 1 fully saturated rings. The number of rotatable bonds is 7. The van der Waals surface area contributed by atoms with Crippen LogP contribution >= 0.6 is 11.3 Å². The van der Waals surface area contributed by atoms with Gasteiger partial charge >= 0.3 is 0 Å². The van der Waals surface area contributed by atoms with E-state index in [1.807, 2.05) is 13.0 Å². The monoisotopic (exact) mass is 389 g/mol. The fourth-order valence-electron chi connectivity index (χ4n) is 3.28. The van der Waals surface area contributed by atoms with Crippen LogP contribution in [0.15, 0.2) is 35.0 Å². The highest BCUT2D eigenvalue weighted by molar-refractivity contribution is 7.07. The number of hydrogen-bond acceptors (Lipinski definition) is 6. The number of ether oxygens (including phenoxy) is 2. The molecule has 1 aromatic carbocycles. The molecule has 2 heterocycles. The average molecular weight is 390 g/mol. The van der Waals surface area contributed by atoms with E-state index in [0.717, 1.165) is 32.7 Å². The van der Waals surface area contributed by atoms with Crippen LogP contribution in [-0.2, 0) is 11.3 Å². The maximum Gasteiger partial charge on any atom is 0.241 e. The predicted octanol–water partition coefficient (Wildman–Crippen LogP) is 2.91. The number of amides is 1. The Hall–Kier alpha value is -2.09. The van der Waals surface area contributed by atoms with Crippen LogP contribution in [0, 0.1) is 0 Å². The van der Waals surface area contributed by atoms with Gasteiger partial charge in [0.25, 0.3) is 0 Å². The quantitative estimate of drug-likeness (QED) is 0.789. The molecule has 1 saturated heterocycles. The smallest absolute Gasteiger partial charge is 0.241 e. The first kappa shape index (κ1) is 19.7. The van der Waals surface area contributed by atoms with Gasteiger partial charge in [-0.2, -0.15) is 11.3 Å². The van der Waals surface area contributed by atoms with Crippen LogP contribution in [0.2, 0.25) is 0 Å². The van der Waals surface area contributed by atoms with Crippen molar-refractivity contribution in [2.24, 2.45) is 0 Å². The number of carbonyl (C=O) groups is 1. The molecule has 2 aromatic rings. The Balaban J connectivity index is 1.52. The van der Waals surface area contributed by atoms with Gasteiger partial charge in [0.05, 0.1) is 20.3 Å². The van der Waals surface area contributed by atoms with Gasteiger partial charge in [0.1, 0.15) is 0 Å². The van der Waals surface area contributed by atoms with Crippen LogP contribution in [0.1, 0.15) is 12.5 Å². The summed E-state index contributed by atoms with van der Waals surface area (Å²) >= 11 is 1.74. The molecule has 1 aromatic heterocycles. The summed E-state index contributed by atoms with van der Waals surface area (Å²) in [6.07, 6.45) is 0. The minimum Gasteiger partial charge on any atom is -0.493 e. The van der Waals surface area contributed by atoms with E-state index in [1.54, 1.807) is 37.7 Å². The van der Waals surface area contributed by atoms with Gasteiger partial charge in [0, 0.05) is 44.5 Å². The minimum absolute atomic E-state index is 0.00601. The van der Waals surface area contributed by atoms with Crippen LogP contribution < -0.4 is 14.8 Å². The zero-order valence-electron chi connectivity index (χ0n) is 16.1. The third kappa shape index (κ3) is 5.00. The third-order valence-electron chi connectivity index (χ3n) is 4.97. The third-order valence-corrected chi connectivity index (χ3v) is 5.70. The van der Waals surface area contributed by atoms with Crippen molar-refractivity contribution in [1.29, 1.82) is 0 Å². The Morgan fingerprint density at radius 3 is 2.52 bits per heavy atom. The number of hydrogen-bond donors (Lipinski definition) is 1. The average Bonchev–Trinajstić information content (AvgIpc) is 3.21. The topological polar surface area (TPSA) is 54.0 Å². The van der Waals surface area contributed by atoms with Gasteiger partial charge in [-0.25, -0.2) is 0 Å². The molecule has 0 saturated carbocycles. The Labute approximate surface area is 164 Å². The molecule has 1 aliphatic heterocycles. The summed E-state index contributed by atoms with van der Waals surface area (Å²) in [6, 6.07) is 7.40. The molecule has 146 valence electrons. The lowest BCUT2D eigenvalue weighted by Gasteiger charge is -2.37. The number of thiophene rings is 1. The molecular weight excluding hydrogens is 362 g/mol. The van der Waals surface area contributed by atoms with Gasteiger partial charge in [-0.1, -0.05) is 0 Å². The van der Waals surface area contributed by atoms with Crippen molar-refractivity contribution in [2.45, 2.75) is 19.5 Å². The fourth-order valence-corrected chi connectivity index (χ4v) is 3.94. The summed E-state index contributed by atoms with van der Waals surface area (Å²) in [7, 11) is 3.18. The molecule has 1 atom stereocenters. The van der Waals surface area contributed by atoms with Crippen LogP contribution in [0.4, 0.5) is 5.69 Å². The summed E-state index contributed by atoms with van der Waals surface area (Å²) in [5.74, 6) is 1.24. The predicted molar refractivity (Wildman–Crippen MR) is 109 cm³/mol. The molecule has 27 heavy (non-hydrogen) atoms. The molecule has 7 heteroatoms. The fraction of sp³-hybridized carbons (Fsp3) is 0.450. The molecule has 0 bridgehead atoms. The minimum atomic E-state index is -0.179. The van der Waals surface area contributed by atoms with Gasteiger partial charge in [0.15, 0.2) is 11.5 Å². The number of piperazine rings is 1. The molecule has 6 nitrogen and oxygen atoms in total. The summed E-state index contributed by atoms with van der Waals surface area (Å²) in [4.78, 5) is 17.3. The number of carbonyl (C=O) groups excluding carboxylic acids is 1. The van der Waals surface area contributed by atoms with E-state index in [0.29, 0.717) is 17.2 Å². The standard InChI is InChI=1S/C20H27N3O3S/c1-15(20(24)21-17-4-5-18(25-2)19(12-17)26-3)23-9-7-22(8-10-23)13-16-6-11-27-14-16/h4-6,11-12,14-15H,7-10,13H2,1-3H3,(H,21,24)/t15-/m0/s1.